The number of phenols is 1. The fourth-order valence-corrected chi connectivity index (χ4v) is 3.52. The van der Waals surface area contributed by atoms with Crippen molar-refractivity contribution in [3.8, 4) is 28.6 Å². The maximum absolute atomic E-state index is 9.87. The van der Waals surface area contributed by atoms with Gasteiger partial charge in [-0.05, 0) is 55.7 Å². The van der Waals surface area contributed by atoms with Gasteiger partial charge in [0.1, 0.15) is 5.75 Å². The Hall–Kier alpha value is -3.08. The molecule has 1 aliphatic carbocycles. The van der Waals surface area contributed by atoms with Crippen molar-refractivity contribution in [3.63, 3.8) is 0 Å². The predicted octanol–water partition coefficient (Wildman–Crippen LogP) is 4.40. The van der Waals surface area contributed by atoms with Crippen LogP contribution in [0.25, 0.3) is 33.7 Å². The van der Waals surface area contributed by atoms with Crippen molar-refractivity contribution in [2.75, 3.05) is 0 Å². The first kappa shape index (κ1) is 14.3. The Labute approximate surface area is 144 Å². The van der Waals surface area contributed by atoms with E-state index in [0.29, 0.717) is 11.7 Å². The molecule has 0 saturated carbocycles. The molecule has 2 aromatic carbocycles. The molecule has 0 saturated heterocycles. The van der Waals surface area contributed by atoms with Gasteiger partial charge in [-0.15, -0.1) is 0 Å². The second kappa shape index (κ2) is 5.21. The Morgan fingerprint density at radius 3 is 3.04 bits per heavy atom. The Kier molecular flexibility index (Phi) is 2.98. The molecule has 5 rings (SSSR count). The predicted molar refractivity (Wildman–Crippen MR) is 95.2 cm³/mol. The summed E-state index contributed by atoms with van der Waals surface area (Å²) in [6.45, 7) is 1.83. The number of aromatic amines is 1. The Balaban J connectivity index is 1.59. The number of aromatic nitrogens is 3. The van der Waals surface area contributed by atoms with E-state index < -0.39 is 0 Å². The van der Waals surface area contributed by atoms with Gasteiger partial charge in [-0.1, -0.05) is 11.2 Å². The van der Waals surface area contributed by atoms with Crippen LogP contribution in [-0.4, -0.2) is 20.2 Å². The van der Waals surface area contributed by atoms with Crippen molar-refractivity contribution in [1.29, 1.82) is 0 Å². The van der Waals surface area contributed by atoms with Crippen LogP contribution in [0.1, 0.15) is 23.2 Å². The van der Waals surface area contributed by atoms with Crippen LogP contribution in [0.15, 0.2) is 40.9 Å². The first-order valence-electron chi connectivity index (χ1n) is 8.31. The molecule has 123 valence electrons. The monoisotopic (exact) mass is 330 g/mol. The average molecular weight is 330 g/mol. The molecule has 5 nitrogen and oxygen atoms in total. The summed E-state index contributed by atoms with van der Waals surface area (Å²) in [5, 5.41) is 15.2. The van der Waals surface area contributed by atoms with Crippen LogP contribution in [0.2, 0.25) is 0 Å². The lowest BCUT2D eigenvalue weighted by molar-refractivity contribution is 0.431. The summed E-state index contributed by atoms with van der Waals surface area (Å²) in [4.78, 5) is 7.98. The smallest absolute Gasteiger partial charge is 0.258 e. The fraction of sp³-hybridized carbons (Fsp3) is 0.150. The zero-order chi connectivity index (χ0) is 17.0. The van der Waals surface area contributed by atoms with Gasteiger partial charge in [-0.25, -0.2) is 0 Å². The van der Waals surface area contributed by atoms with Crippen LogP contribution in [0.5, 0.6) is 5.75 Å². The van der Waals surface area contributed by atoms with Crippen molar-refractivity contribution in [2.45, 2.75) is 19.8 Å². The van der Waals surface area contributed by atoms with Gasteiger partial charge >= 0.3 is 0 Å². The van der Waals surface area contributed by atoms with E-state index in [1.54, 1.807) is 12.1 Å². The van der Waals surface area contributed by atoms with E-state index in [9.17, 15) is 5.11 Å². The second-order valence-corrected chi connectivity index (χ2v) is 6.39. The van der Waals surface area contributed by atoms with Crippen molar-refractivity contribution >= 4 is 10.9 Å². The number of rotatable bonds is 2. The number of aromatic hydroxyl groups is 1. The van der Waals surface area contributed by atoms with E-state index in [2.05, 4.69) is 33.7 Å². The fourth-order valence-electron chi connectivity index (χ4n) is 3.52. The molecular formula is C20H16N3O2. The van der Waals surface area contributed by atoms with Gasteiger partial charge in [0.15, 0.2) is 0 Å². The molecule has 0 aliphatic heterocycles. The van der Waals surface area contributed by atoms with E-state index in [4.69, 9.17) is 4.52 Å². The molecule has 4 aromatic rings. The van der Waals surface area contributed by atoms with E-state index in [1.807, 2.05) is 19.1 Å². The van der Waals surface area contributed by atoms with Gasteiger partial charge in [-0.2, -0.15) is 4.98 Å². The third-order valence-electron chi connectivity index (χ3n) is 4.90. The first-order valence-corrected chi connectivity index (χ1v) is 8.31. The number of fused-ring (bicyclic) bond motifs is 3. The Morgan fingerprint density at radius 1 is 1.20 bits per heavy atom. The normalized spacial score (nSPS) is 13.5. The molecule has 2 heterocycles. The lowest BCUT2D eigenvalue weighted by Crippen LogP contribution is -1.85. The minimum atomic E-state index is 0.220. The van der Waals surface area contributed by atoms with Gasteiger partial charge in [0.2, 0.25) is 5.82 Å². The van der Waals surface area contributed by atoms with Crippen LogP contribution in [-0.2, 0) is 6.42 Å². The van der Waals surface area contributed by atoms with Crippen LogP contribution in [0, 0.1) is 13.3 Å². The van der Waals surface area contributed by atoms with Gasteiger partial charge in [0, 0.05) is 39.7 Å². The summed E-state index contributed by atoms with van der Waals surface area (Å²) in [5.41, 5.74) is 6.14. The quantitative estimate of drug-likeness (QED) is 0.571. The van der Waals surface area contributed by atoms with Crippen molar-refractivity contribution in [3.05, 3.63) is 59.6 Å². The average Bonchev–Trinajstić information content (AvgIpc) is 3.32. The van der Waals surface area contributed by atoms with Crippen LogP contribution >= 0.6 is 0 Å². The van der Waals surface area contributed by atoms with E-state index >= 15 is 0 Å². The summed E-state index contributed by atoms with van der Waals surface area (Å²) in [6.07, 6.45) is 4.40. The second-order valence-electron chi connectivity index (χ2n) is 6.39. The van der Waals surface area contributed by atoms with Gasteiger partial charge in [0.25, 0.3) is 5.89 Å². The molecule has 0 spiro atoms. The van der Waals surface area contributed by atoms with E-state index in [1.165, 1.54) is 16.6 Å². The van der Waals surface area contributed by atoms with Crippen LogP contribution < -0.4 is 0 Å². The maximum atomic E-state index is 9.87. The summed E-state index contributed by atoms with van der Waals surface area (Å²) in [6, 6.07) is 11.5. The molecule has 1 radical (unpaired) electrons. The molecule has 0 fully saturated rings. The standard InChI is InChI=1S/C20H16N3O2/c1-11-13(4-3-7-18(11)24)20-22-19(23-25-20)12-8-9-17-15(10-12)14-5-2-6-16(14)21-17/h3-4,6-10,21,24H,2,5H2,1H3. The largest absolute Gasteiger partial charge is 0.508 e. The highest BCUT2D eigenvalue weighted by molar-refractivity contribution is 5.89. The summed E-state index contributed by atoms with van der Waals surface area (Å²) < 4.78 is 5.44. The molecule has 0 amide bonds. The number of nitrogens with one attached hydrogen (secondary N) is 1. The zero-order valence-corrected chi connectivity index (χ0v) is 13.7. The molecule has 0 atom stereocenters. The van der Waals surface area contributed by atoms with Crippen LogP contribution in [0.4, 0.5) is 0 Å². The van der Waals surface area contributed by atoms with Gasteiger partial charge < -0.3 is 14.6 Å². The molecule has 25 heavy (non-hydrogen) atoms. The molecule has 2 aromatic heterocycles. The van der Waals surface area contributed by atoms with E-state index in [0.717, 1.165) is 35.0 Å². The van der Waals surface area contributed by atoms with Crippen molar-refractivity contribution < 1.29 is 9.63 Å². The number of hydrogen-bond acceptors (Lipinski definition) is 4. The molecule has 0 unspecified atom stereocenters. The third kappa shape index (κ3) is 2.16. The van der Waals surface area contributed by atoms with Gasteiger partial charge in [0.05, 0.1) is 0 Å². The first-order chi connectivity index (χ1) is 12.2. The molecule has 5 heteroatoms. The SMILES string of the molecule is Cc1c(O)cccc1-c1nc(-c2ccc3[nH]c4c(c3c2)CC[CH]4)no1. The molecule has 2 N–H and O–H groups in total. The summed E-state index contributed by atoms with van der Waals surface area (Å²) >= 11 is 0. The number of phenolic OH excluding ortho intramolecular Hbond substituents is 1. The number of benzene rings is 2. The lowest BCUT2D eigenvalue weighted by atomic mass is 10.1. The Morgan fingerprint density at radius 2 is 2.12 bits per heavy atom. The number of H-pyrrole nitrogens is 1. The van der Waals surface area contributed by atoms with Crippen molar-refractivity contribution in [1.82, 2.24) is 15.1 Å². The Bertz CT molecular complexity index is 1110. The molecular weight excluding hydrogens is 314 g/mol. The summed E-state index contributed by atoms with van der Waals surface area (Å²) in [7, 11) is 0. The maximum Gasteiger partial charge on any atom is 0.258 e. The lowest BCUT2D eigenvalue weighted by Gasteiger charge is -2.02. The van der Waals surface area contributed by atoms with Crippen molar-refractivity contribution in [2.24, 2.45) is 0 Å². The third-order valence-corrected chi connectivity index (χ3v) is 4.90. The molecule has 0 bridgehead atoms. The number of nitrogens with zero attached hydrogens (tertiary/aromatic N) is 2. The summed E-state index contributed by atoms with van der Waals surface area (Å²) in [5.74, 6) is 1.19. The van der Waals surface area contributed by atoms with Gasteiger partial charge in [-0.3, -0.25) is 0 Å². The van der Waals surface area contributed by atoms with E-state index in [-0.39, 0.29) is 5.75 Å². The highest BCUT2D eigenvalue weighted by atomic mass is 16.5. The van der Waals surface area contributed by atoms with Crippen LogP contribution in [0.3, 0.4) is 0 Å². The highest BCUT2D eigenvalue weighted by Crippen LogP contribution is 2.34. The highest BCUT2D eigenvalue weighted by Gasteiger charge is 2.19. The number of hydrogen-bond donors (Lipinski definition) is 2. The topological polar surface area (TPSA) is 74.9 Å². The molecule has 1 aliphatic rings. The number of aryl methyl sites for hydroxylation is 1. The minimum Gasteiger partial charge on any atom is -0.508 e. The zero-order valence-electron chi connectivity index (χ0n) is 13.7. The minimum absolute atomic E-state index is 0.220.